The van der Waals surface area contributed by atoms with Gasteiger partial charge in [0.2, 0.25) is 0 Å². The van der Waals surface area contributed by atoms with Gasteiger partial charge in [-0.1, -0.05) is 0 Å². The third-order valence-corrected chi connectivity index (χ3v) is 7.56. The van der Waals surface area contributed by atoms with Gasteiger partial charge in [0.1, 0.15) is 23.2 Å². The molecule has 7 rings (SSSR count). The summed E-state index contributed by atoms with van der Waals surface area (Å²) in [7, 11) is 0. The fraction of sp³-hybridized carbons (Fsp3) is 0.360. The summed E-state index contributed by atoms with van der Waals surface area (Å²) in [4.78, 5) is 19.4. The molecule has 10 heteroatoms. The smallest absolute Gasteiger partial charge is 0.308 e. The summed E-state index contributed by atoms with van der Waals surface area (Å²) in [6.07, 6.45) is 5.15. The zero-order chi connectivity index (χ0) is 24.3. The molecule has 3 atom stereocenters. The van der Waals surface area contributed by atoms with Gasteiger partial charge in [0.25, 0.3) is 0 Å². The third kappa shape index (κ3) is 3.63. The number of fused-ring (bicyclic) bond motifs is 4. The van der Waals surface area contributed by atoms with Crippen LogP contribution in [0.5, 0.6) is 0 Å². The Labute approximate surface area is 198 Å². The van der Waals surface area contributed by atoms with Gasteiger partial charge in [0.15, 0.2) is 17.8 Å². The molecule has 3 aromatic rings. The number of aliphatic imine (C=N–C) groups is 1. The van der Waals surface area contributed by atoms with Crippen molar-refractivity contribution in [3.05, 3.63) is 65.5 Å². The summed E-state index contributed by atoms with van der Waals surface area (Å²) >= 11 is 0. The highest BCUT2D eigenvalue weighted by atomic mass is 19.1. The van der Waals surface area contributed by atoms with Crippen LogP contribution in [0.15, 0.2) is 52.0 Å². The lowest BCUT2D eigenvalue weighted by Crippen LogP contribution is -2.57. The van der Waals surface area contributed by atoms with E-state index in [2.05, 4.69) is 20.6 Å². The molecule has 1 aliphatic heterocycles. The van der Waals surface area contributed by atoms with E-state index in [9.17, 15) is 18.7 Å². The Bertz CT molecular complexity index is 1360. The normalized spacial score (nSPS) is 28.3. The quantitative estimate of drug-likeness (QED) is 0.426. The number of aliphatic carboxylic acids is 1. The van der Waals surface area contributed by atoms with Crippen molar-refractivity contribution in [2.45, 2.75) is 37.9 Å². The van der Waals surface area contributed by atoms with Crippen molar-refractivity contribution in [3.63, 3.8) is 0 Å². The highest BCUT2D eigenvalue weighted by molar-refractivity contribution is 6.13. The zero-order valence-corrected chi connectivity index (χ0v) is 18.5. The zero-order valence-electron chi connectivity index (χ0n) is 18.5. The van der Waals surface area contributed by atoms with Crippen LogP contribution in [0.25, 0.3) is 16.6 Å². The molecule has 3 fully saturated rings. The molecule has 4 N–H and O–H groups in total. The Morgan fingerprint density at radius 3 is 2.63 bits per heavy atom. The van der Waals surface area contributed by atoms with Crippen molar-refractivity contribution in [3.8, 4) is 0 Å². The Kier molecular flexibility index (Phi) is 5.21. The number of rotatable bonds is 5. The SMILES string of the molecule is O=C(O)C1C2CCC(CC2)C1NC1N=C(c2c[nH]c3c(F)cc(F)cc23)NC(c2ccco2)=C1F. The Hall–Kier alpha value is -3.53. The number of aromatic nitrogens is 1. The van der Waals surface area contributed by atoms with Crippen LogP contribution < -0.4 is 10.6 Å². The lowest BCUT2D eigenvalue weighted by molar-refractivity contribution is -0.149. The number of halogens is 3. The van der Waals surface area contributed by atoms with E-state index in [4.69, 9.17) is 4.42 Å². The molecule has 3 saturated carbocycles. The van der Waals surface area contributed by atoms with Crippen molar-refractivity contribution in [2.24, 2.45) is 22.7 Å². The van der Waals surface area contributed by atoms with Crippen LogP contribution in [0.3, 0.4) is 0 Å². The van der Waals surface area contributed by atoms with Crippen molar-refractivity contribution < 1.29 is 27.5 Å². The second-order valence-corrected chi connectivity index (χ2v) is 9.45. The predicted molar refractivity (Wildman–Crippen MR) is 122 cm³/mol. The number of carbonyl (C=O) groups is 1. The lowest BCUT2D eigenvalue weighted by Gasteiger charge is -2.48. The maximum atomic E-state index is 15.8. The van der Waals surface area contributed by atoms with Crippen LogP contribution in [-0.2, 0) is 4.79 Å². The summed E-state index contributed by atoms with van der Waals surface area (Å²) in [5.74, 6) is -3.14. The van der Waals surface area contributed by atoms with Gasteiger partial charge in [-0.25, -0.2) is 18.2 Å². The first kappa shape index (κ1) is 22.0. The third-order valence-electron chi connectivity index (χ3n) is 7.56. The first-order valence-electron chi connectivity index (χ1n) is 11.6. The van der Waals surface area contributed by atoms with E-state index in [-0.39, 0.29) is 40.0 Å². The molecule has 182 valence electrons. The highest BCUT2D eigenvalue weighted by Crippen LogP contribution is 2.46. The number of aromatic amines is 1. The number of hydrogen-bond acceptors (Lipinski definition) is 5. The molecule has 0 radical (unpaired) electrons. The van der Waals surface area contributed by atoms with Gasteiger partial charge in [-0.15, -0.1) is 0 Å². The number of H-pyrrole nitrogens is 1. The molecule has 2 aromatic heterocycles. The monoisotopic (exact) mass is 484 g/mol. The van der Waals surface area contributed by atoms with Crippen molar-refractivity contribution in [1.29, 1.82) is 0 Å². The topological polar surface area (TPSA) is 103 Å². The number of hydrogen-bond donors (Lipinski definition) is 4. The van der Waals surface area contributed by atoms with Crippen LogP contribution >= 0.6 is 0 Å². The van der Waals surface area contributed by atoms with Gasteiger partial charge in [-0.2, -0.15) is 0 Å². The van der Waals surface area contributed by atoms with Gasteiger partial charge < -0.3 is 19.8 Å². The number of amidine groups is 1. The second-order valence-electron chi connectivity index (χ2n) is 9.45. The predicted octanol–water partition coefficient (Wildman–Crippen LogP) is 4.53. The van der Waals surface area contributed by atoms with E-state index >= 15 is 4.39 Å². The molecular formula is C25H23F3N4O3. The lowest BCUT2D eigenvalue weighted by atomic mass is 9.61. The second kappa shape index (κ2) is 8.30. The number of carboxylic acid groups (broad SMARTS) is 1. The molecule has 1 aromatic carbocycles. The number of carboxylic acids is 1. The van der Waals surface area contributed by atoms with Crippen LogP contribution in [0.4, 0.5) is 13.2 Å². The van der Waals surface area contributed by atoms with Crippen molar-refractivity contribution in [2.75, 3.05) is 0 Å². The molecule has 3 aliphatic carbocycles. The number of nitrogens with one attached hydrogen (secondary N) is 3. The van der Waals surface area contributed by atoms with E-state index in [0.29, 0.717) is 5.56 Å². The minimum atomic E-state index is -1.19. The van der Waals surface area contributed by atoms with Gasteiger partial charge in [-0.3, -0.25) is 10.1 Å². The average molecular weight is 484 g/mol. The molecule has 2 bridgehead atoms. The number of nitrogens with zero attached hydrogens (tertiary/aromatic N) is 1. The maximum Gasteiger partial charge on any atom is 0.308 e. The Balaban J connectivity index is 1.43. The summed E-state index contributed by atoms with van der Waals surface area (Å²) in [5, 5.41) is 16.3. The standard InChI is InChI=1S/C25H23F3N4O3/c26-13-8-14-15(10-29-21(14)16(27)9-13)23-31-22(17-2-1-7-35-17)19(28)24(32-23)30-20-12-5-3-11(4-6-12)18(20)25(33)34/h1-2,7-12,18,20,24,29-30H,3-6H2,(H,31,32)(H,33,34). The van der Waals surface area contributed by atoms with Gasteiger partial charge >= 0.3 is 5.97 Å². The average Bonchev–Trinajstić information content (AvgIpc) is 3.51. The minimum absolute atomic E-state index is 0.0246. The first-order chi connectivity index (χ1) is 16.9. The Morgan fingerprint density at radius 1 is 1.14 bits per heavy atom. The molecule has 35 heavy (non-hydrogen) atoms. The van der Waals surface area contributed by atoms with Crippen LogP contribution in [-0.4, -0.2) is 34.1 Å². The van der Waals surface area contributed by atoms with Gasteiger partial charge in [0.05, 0.1) is 17.7 Å². The summed E-state index contributed by atoms with van der Waals surface area (Å²) in [6, 6.07) is 4.70. The van der Waals surface area contributed by atoms with E-state index in [1.165, 1.54) is 18.5 Å². The fourth-order valence-corrected chi connectivity index (χ4v) is 5.96. The molecule has 0 amide bonds. The molecule has 7 nitrogen and oxygen atoms in total. The van der Waals surface area contributed by atoms with Crippen molar-refractivity contribution in [1.82, 2.24) is 15.6 Å². The molecular weight excluding hydrogens is 461 g/mol. The molecule has 0 spiro atoms. The van der Waals surface area contributed by atoms with E-state index in [1.54, 1.807) is 12.1 Å². The number of furan rings is 1. The maximum absolute atomic E-state index is 15.8. The van der Waals surface area contributed by atoms with E-state index in [0.717, 1.165) is 31.7 Å². The van der Waals surface area contributed by atoms with Crippen LogP contribution in [0, 0.1) is 29.4 Å². The first-order valence-corrected chi connectivity index (χ1v) is 11.6. The molecule has 3 heterocycles. The van der Waals surface area contributed by atoms with Crippen LogP contribution in [0.2, 0.25) is 0 Å². The summed E-state index contributed by atoms with van der Waals surface area (Å²) in [5.41, 5.74) is 0.471. The molecule has 3 unspecified atom stereocenters. The fourth-order valence-electron chi connectivity index (χ4n) is 5.96. The largest absolute Gasteiger partial charge is 0.481 e. The minimum Gasteiger partial charge on any atom is -0.481 e. The summed E-state index contributed by atoms with van der Waals surface area (Å²) in [6.45, 7) is 0. The van der Waals surface area contributed by atoms with Gasteiger partial charge in [-0.05, 0) is 55.7 Å². The summed E-state index contributed by atoms with van der Waals surface area (Å²) < 4.78 is 49.5. The van der Waals surface area contributed by atoms with E-state index < -0.39 is 41.6 Å². The number of benzene rings is 1. The van der Waals surface area contributed by atoms with Crippen molar-refractivity contribution >= 4 is 28.4 Å². The Morgan fingerprint density at radius 2 is 1.91 bits per heavy atom. The van der Waals surface area contributed by atoms with E-state index in [1.807, 2.05) is 0 Å². The van der Waals surface area contributed by atoms with Crippen LogP contribution in [0.1, 0.15) is 37.0 Å². The van der Waals surface area contributed by atoms with Gasteiger partial charge in [0, 0.05) is 29.3 Å². The molecule has 4 aliphatic rings. The molecule has 0 saturated heterocycles. The highest BCUT2D eigenvalue weighted by Gasteiger charge is 2.48.